The zero-order chi connectivity index (χ0) is 14.7. The van der Waals surface area contributed by atoms with E-state index >= 15 is 0 Å². The van der Waals surface area contributed by atoms with Crippen LogP contribution in [0.4, 0.5) is 5.82 Å². The fraction of sp³-hybridized carbons (Fsp3) is 0.412. The largest absolute Gasteiger partial charge is 0.353 e. The van der Waals surface area contributed by atoms with Crippen LogP contribution in [0, 0.1) is 0 Å². The lowest BCUT2D eigenvalue weighted by atomic mass is 10.1. The molecule has 1 aliphatic heterocycles. The van der Waals surface area contributed by atoms with Gasteiger partial charge in [0.25, 0.3) is 0 Å². The number of nitrogens with zero attached hydrogens (tertiary/aromatic N) is 3. The Hall–Kier alpha value is -2.10. The van der Waals surface area contributed by atoms with Crippen LogP contribution in [0.3, 0.4) is 0 Å². The highest BCUT2D eigenvalue weighted by Gasteiger charge is 2.22. The Kier molecular flexibility index (Phi) is 4.04. The van der Waals surface area contributed by atoms with Crippen molar-refractivity contribution in [2.24, 2.45) is 0 Å². The first-order valence-electron chi connectivity index (χ1n) is 7.66. The van der Waals surface area contributed by atoms with Crippen molar-refractivity contribution in [3.8, 4) is 0 Å². The summed E-state index contributed by atoms with van der Waals surface area (Å²) in [6.07, 6.45) is 3.45. The van der Waals surface area contributed by atoms with E-state index in [-0.39, 0.29) is 5.91 Å². The summed E-state index contributed by atoms with van der Waals surface area (Å²) in [5.41, 5.74) is 0. The SMILES string of the molecule is CCCC(=O)N1CCN(c2nccc3ccccc23)CC1. The van der Waals surface area contributed by atoms with Crippen molar-refractivity contribution in [1.29, 1.82) is 0 Å². The molecule has 0 saturated carbocycles. The first kappa shape index (κ1) is 13.9. The van der Waals surface area contributed by atoms with Crippen LogP contribution in [0.1, 0.15) is 19.8 Å². The molecule has 2 aromatic rings. The van der Waals surface area contributed by atoms with E-state index in [1.54, 1.807) is 0 Å². The molecule has 4 heteroatoms. The van der Waals surface area contributed by atoms with Crippen LogP contribution in [0.5, 0.6) is 0 Å². The second-order valence-corrected chi connectivity index (χ2v) is 5.47. The molecule has 1 aromatic heterocycles. The lowest BCUT2D eigenvalue weighted by Crippen LogP contribution is -2.49. The van der Waals surface area contributed by atoms with Crippen LogP contribution in [0.25, 0.3) is 10.8 Å². The fourth-order valence-electron chi connectivity index (χ4n) is 2.90. The minimum Gasteiger partial charge on any atom is -0.353 e. The lowest BCUT2D eigenvalue weighted by Gasteiger charge is -2.36. The van der Waals surface area contributed by atoms with Crippen molar-refractivity contribution in [1.82, 2.24) is 9.88 Å². The maximum Gasteiger partial charge on any atom is 0.222 e. The van der Waals surface area contributed by atoms with Crippen LogP contribution in [-0.2, 0) is 4.79 Å². The molecule has 0 aliphatic carbocycles. The number of hydrogen-bond donors (Lipinski definition) is 0. The van der Waals surface area contributed by atoms with Gasteiger partial charge in [-0.25, -0.2) is 4.98 Å². The summed E-state index contributed by atoms with van der Waals surface area (Å²) in [4.78, 5) is 20.8. The summed E-state index contributed by atoms with van der Waals surface area (Å²) in [6.45, 7) is 5.36. The van der Waals surface area contributed by atoms with E-state index in [0.29, 0.717) is 6.42 Å². The van der Waals surface area contributed by atoms with Crippen LogP contribution in [-0.4, -0.2) is 42.0 Å². The molecule has 0 N–H and O–H groups in total. The molecule has 1 aliphatic rings. The van der Waals surface area contributed by atoms with Crippen LogP contribution in [0.2, 0.25) is 0 Å². The molecule has 1 amide bonds. The topological polar surface area (TPSA) is 36.4 Å². The smallest absolute Gasteiger partial charge is 0.222 e. The molecule has 110 valence electrons. The summed E-state index contributed by atoms with van der Waals surface area (Å²) in [7, 11) is 0. The van der Waals surface area contributed by atoms with Gasteiger partial charge in [-0.1, -0.05) is 31.2 Å². The van der Waals surface area contributed by atoms with Crippen molar-refractivity contribution >= 4 is 22.5 Å². The lowest BCUT2D eigenvalue weighted by molar-refractivity contribution is -0.131. The Bertz CT molecular complexity index is 627. The molecule has 1 fully saturated rings. The van der Waals surface area contributed by atoms with E-state index < -0.39 is 0 Å². The van der Waals surface area contributed by atoms with Crippen molar-refractivity contribution in [2.45, 2.75) is 19.8 Å². The van der Waals surface area contributed by atoms with Crippen molar-refractivity contribution < 1.29 is 4.79 Å². The molecule has 21 heavy (non-hydrogen) atoms. The van der Waals surface area contributed by atoms with Gasteiger partial charge >= 0.3 is 0 Å². The molecule has 0 atom stereocenters. The number of aromatic nitrogens is 1. The fourth-order valence-corrected chi connectivity index (χ4v) is 2.90. The second kappa shape index (κ2) is 6.12. The van der Waals surface area contributed by atoms with E-state index in [1.165, 1.54) is 10.8 Å². The number of amides is 1. The molecule has 0 unspecified atom stereocenters. The van der Waals surface area contributed by atoms with Gasteiger partial charge in [-0.3, -0.25) is 4.79 Å². The standard InChI is InChI=1S/C17H21N3O/c1-2-5-16(21)19-10-12-20(13-11-19)17-15-7-4-3-6-14(15)8-9-18-17/h3-4,6-9H,2,5,10-13H2,1H3. The van der Waals surface area contributed by atoms with Crippen molar-refractivity contribution in [3.63, 3.8) is 0 Å². The minimum atomic E-state index is 0.281. The molecule has 2 heterocycles. The summed E-state index contributed by atoms with van der Waals surface area (Å²) < 4.78 is 0. The zero-order valence-electron chi connectivity index (χ0n) is 12.5. The summed E-state index contributed by atoms with van der Waals surface area (Å²) in [5.74, 6) is 1.32. The molecular formula is C17H21N3O. The molecule has 4 nitrogen and oxygen atoms in total. The number of carbonyl (C=O) groups is 1. The van der Waals surface area contributed by atoms with Gasteiger partial charge in [0.2, 0.25) is 5.91 Å². The van der Waals surface area contributed by atoms with E-state index in [0.717, 1.165) is 38.4 Å². The zero-order valence-corrected chi connectivity index (χ0v) is 12.5. The number of hydrogen-bond acceptors (Lipinski definition) is 3. The number of benzene rings is 1. The molecule has 0 radical (unpaired) electrons. The molecule has 0 bridgehead atoms. The highest BCUT2D eigenvalue weighted by Crippen LogP contribution is 2.25. The van der Waals surface area contributed by atoms with Crippen molar-refractivity contribution in [3.05, 3.63) is 36.5 Å². The summed E-state index contributed by atoms with van der Waals surface area (Å²) in [5, 5.41) is 2.40. The third-order valence-corrected chi connectivity index (χ3v) is 4.05. The summed E-state index contributed by atoms with van der Waals surface area (Å²) >= 11 is 0. The maximum absolute atomic E-state index is 11.9. The van der Waals surface area contributed by atoms with E-state index in [9.17, 15) is 4.79 Å². The number of rotatable bonds is 3. The molecule has 0 spiro atoms. The Labute approximate surface area is 125 Å². The first-order chi connectivity index (χ1) is 10.3. The van der Waals surface area contributed by atoms with Gasteiger partial charge < -0.3 is 9.80 Å². The van der Waals surface area contributed by atoms with Gasteiger partial charge in [-0.15, -0.1) is 0 Å². The van der Waals surface area contributed by atoms with Gasteiger partial charge in [0.15, 0.2) is 0 Å². The monoisotopic (exact) mass is 283 g/mol. The van der Waals surface area contributed by atoms with Crippen molar-refractivity contribution in [2.75, 3.05) is 31.1 Å². The summed E-state index contributed by atoms with van der Waals surface area (Å²) in [6, 6.07) is 10.4. The third kappa shape index (κ3) is 2.84. The quantitative estimate of drug-likeness (QED) is 0.869. The molecule has 3 rings (SSSR count). The molecular weight excluding hydrogens is 262 g/mol. The third-order valence-electron chi connectivity index (χ3n) is 4.05. The highest BCUT2D eigenvalue weighted by atomic mass is 16.2. The first-order valence-corrected chi connectivity index (χ1v) is 7.66. The number of piperazine rings is 1. The van der Waals surface area contributed by atoms with Crippen LogP contribution >= 0.6 is 0 Å². The predicted molar refractivity (Wildman–Crippen MR) is 85.4 cm³/mol. The van der Waals surface area contributed by atoms with E-state index in [4.69, 9.17) is 0 Å². The minimum absolute atomic E-state index is 0.281. The van der Waals surface area contributed by atoms with Gasteiger partial charge in [0.1, 0.15) is 5.82 Å². The van der Waals surface area contributed by atoms with Gasteiger partial charge in [-0.2, -0.15) is 0 Å². The average Bonchev–Trinajstić information content (AvgIpc) is 2.55. The maximum atomic E-state index is 11.9. The van der Waals surface area contributed by atoms with Gasteiger partial charge in [-0.05, 0) is 17.9 Å². The van der Waals surface area contributed by atoms with E-state index in [2.05, 4.69) is 28.1 Å². The molecule has 1 saturated heterocycles. The molecule has 1 aromatic carbocycles. The average molecular weight is 283 g/mol. The van der Waals surface area contributed by atoms with Gasteiger partial charge in [0.05, 0.1) is 0 Å². The van der Waals surface area contributed by atoms with Crippen LogP contribution < -0.4 is 4.90 Å². The number of pyridine rings is 1. The van der Waals surface area contributed by atoms with E-state index in [1.807, 2.05) is 30.2 Å². The van der Waals surface area contributed by atoms with Crippen LogP contribution in [0.15, 0.2) is 36.5 Å². The Balaban J connectivity index is 1.76. The second-order valence-electron chi connectivity index (χ2n) is 5.47. The Morgan fingerprint density at radius 1 is 1.14 bits per heavy atom. The Morgan fingerprint density at radius 2 is 1.90 bits per heavy atom. The Morgan fingerprint density at radius 3 is 2.67 bits per heavy atom. The number of anilines is 1. The number of carbonyl (C=O) groups excluding carboxylic acids is 1. The highest BCUT2D eigenvalue weighted by molar-refractivity contribution is 5.92. The predicted octanol–water partition coefficient (Wildman–Crippen LogP) is 2.68. The number of fused-ring (bicyclic) bond motifs is 1. The van der Waals surface area contributed by atoms with Gasteiger partial charge in [0, 0.05) is 44.2 Å². The normalized spacial score (nSPS) is 15.5.